The number of nitrogens with one attached hydrogen (secondary N) is 1. The lowest BCUT2D eigenvalue weighted by Crippen LogP contribution is -2.47. The third-order valence-electron chi connectivity index (χ3n) is 2.66. The number of ether oxygens (including phenoxy) is 1. The summed E-state index contributed by atoms with van der Waals surface area (Å²) in [5.41, 5.74) is 0.0964. The highest BCUT2D eigenvalue weighted by Gasteiger charge is 2.26. The van der Waals surface area contributed by atoms with Gasteiger partial charge in [0.25, 0.3) is 0 Å². The first kappa shape index (κ1) is 14.4. The fourth-order valence-corrected chi connectivity index (χ4v) is 1.41. The third-order valence-corrected chi connectivity index (χ3v) is 2.66. The summed E-state index contributed by atoms with van der Waals surface area (Å²) in [6.07, 6.45) is 1.71. The van der Waals surface area contributed by atoms with E-state index in [4.69, 9.17) is 4.74 Å². The van der Waals surface area contributed by atoms with Crippen LogP contribution in [0, 0.1) is 5.41 Å². The van der Waals surface area contributed by atoms with Crippen molar-refractivity contribution in [2.24, 2.45) is 5.41 Å². The molecule has 0 fully saturated rings. The lowest BCUT2D eigenvalue weighted by atomic mass is 9.84. The number of hydrogen-bond acceptors (Lipinski definition) is 2. The van der Waals surface area contributed by atoms with E-state index >= 15 is 0 Å². The molecule has 0 spiro atoms. The zero-order valence-electron chi connectivity index (χ0n) is 10.9. The van der Waals surface area contributed by atoms with E-state index in [0.29, 0.717) is 0 Å². The van der Waals surface area contributed by atoms with Gasteiger partial charge in [0.1, 0.15) is 6.10 Å². The number of carbonyl (C=O) groups excluding carboxylic acids is 1. The molecule has 0 bridgehead atoms. The van der Waals surface area contributed by atoms with Crippen LogP contribution < -0.4 is 5.32 Å². The van der Waals surface area contributed by atoms with Crippen molar-refractivity contribution in [1.29, 1.82) is 0 Å². The molecule has 0 saturated carbocycles. The second kappa shape index (κ2) is 6.11. The molecule has 15 heavy (non-hydrogen) atoms. The number of rotatable bonds is 5. The Morgan fingerprint density at radius 2 is 1.93 bits per heavy atom. The normalized spacial score (nSPS) is 15.9. The molecule has 0 unspecified atom stereocenters. The Kier molecular flexibility index (Phi) is 5.88. The van der Waals surface area contributed by atoms with Crippen molar-refractivity contribution in [3.8, 4) is 0 Å². The van der Waals surface area contributed by atoms with E-state index in [0.717, 1.165) is 12.8 Å². The molecule has 1 amide bonds. The van der Waals surface area contributed by atoms with Crippen LogP contribution in [0.2, 0.25) is 0 Å². The second-order valence-corrected chi connectivity index (χ2v) is 5.09. The fourth-order valence-electron chi connectivity index (χ4n) is 1.41. The highest BCUT2D eigenvalue weighted by atomic mass is 16.5. The second-order valence-electron chi connectivity index (χ2n) is 5.09. The number of hydrogen-bond donors (Lipinski definition) is 1. The predicted molar refractivity (Wildman–Crippen MR) is 62.8 cm³/mol. The van der Waals surface area contributed by atoms with Crippen LogP contribution in [-0.4, -0.2) is 25.2 Å². The van der Waals surface area contributed by atoms with E-state index in [1.807, 2.05) is 0 Å². The van der Waals surface area contributed by atoms with Crippen molar-refractivity contribution in [1.82, 2.24) is 5.32 Å². The van der Waals surface area contributed by atoms with Gasteiger partial charge < -0.3 is 10.1 Å². The number of amides is 1. The van der Waals surface area contributed by atoms with Gasteiger partial charge in [0.05, 0.1) is 0 Å². The average molecular weight is 215 g/mol. The maximum Gasteiger partial charge on any atom is 0.249 e. The molecule has 0 aliphatic carbocycles. The molecule has 0 aromatic carbocycles. The number of methoxy groups -OCH3 is 1. The minimum atomic E-state index is -0.369. The van der Waals surface area contributed by atoms with Crippen molar-refractivity contribution in [2.75, 3.05) is 7.11 Å². The Labute approximate surface area is 93.6 Å². The summed E-state index contributed by atoms with van der Waals surface area (Å²) in [5, 5.41) is 3.04. The standard InChI is InChI=1S/C12H25NO2/c1-7-8-10(12(3,4)5)13-11(14)9(2)15-6/h9-10H,7-8H2,1-6H3,(H,13,14)/t9-,10-/m1/s1. The van der Waals surface area contributed by atoms with Gasteiger partial charge in [-0.25, -0.2) is 0 Å². The van der Waals surface area contributed by atoms with Crippen molar-refractivity contribution in [3.05, 3.63) is 0 Å². The lowest BCUT2D eigenvalue weighted by molar-refractivity contribution is -0.131. The molecule has 1 N–H and O–H groups in total. The van der Waals surface area contributed by atoms with E-state index in [2.05, 4.69) is 33.0 Å². The zero-order valence-corrected chi connectivity index (χ0v) is 10.9. The van der Waals surface area contributed by atoms with Crippen LogP contribution in [0.4, 0.5) is 0 Å². The van der Waals surface area contributed by atoms with E-state index in [-0.39, 0.29) is 23.5 Å². The van der Waals surface area contributed by atoms with Gasteiger partial charge in [0.2, 0.25) is 5.91 Å². The van der Waals surface area contributed by atoms with Gasteiger partial charge in [-0.15, -0.1) is 0 Å². The molecule has 3 heteroatoms. The van der Waals surface area contributed by atoms with Crippen molar-refractivity contribution in [2.45, 2.75) is 59.6 Å². The highest BCUT2D eigenvalue weighted by Crippen LogP contribution is 2.22. The Morgan fingerprint density at radius 3 is 2.27 bits per heavy atom. The van der Waals surface area contributed by atoms with Crippen LogP contribution in [0.25, 0.3) is 0 Å². The van der Waals surface area contributed by atoms with Gasteiger partial charge in [-0.3, -0.25) is 4.79 Å². The molecule has 0 aliphatic heterocycles. The summed E-state index contributed by atoms with van der Waals surface area (Å²) in [6, 6.07) is 0.215. The minimum Gasteiger partial charge on any atom is -0.372 e. The van der Waals surface area contributed by atoms with E-state index < -0.39 is 0 Å². The van der Waals surface area contributed by atoms with Crippen LogP contribution in [0.15, 0.2) is 0 Å². The van der Waals surface area contributed by atoms with Crippen LogP contribution in [0.1, 0.15) is 47.5 Å². The predicted octanol–water partition coefficient (Wildman–Crippen LogP) is 2.35. The van der Waals surface area contributed by atoms with Crippen LogP contribution in [0.5, 0.6) is 0 Å². The Bertz CT molecular complexity index is 196. The van der Waals surface area contributed by atoms with Crippen molar-refractivity contribution in [3.63, 3.8) is 0 Å². The van der Waals surface area contributed by atoms with Gasteiger partial charge in [-0.1, -0.05) is 34.1 Å². The van der Waals surface area contributed by atoms with E-state index in [1.54, 1.807) is 14.0 Å². The molecule has 2 atom stereocenters. The van der Waals surface area contributed by atoms with Crippen LogP contribution in [-0.2, 0) is 9.53 Å². The molecule has 0 aliphatic rings. The van der Waals surface area contributed by atoms with Gasteiger partial charge in [-0.2, -0.15) is 0 Å². The lowest BCUT2D eigenvalue weighted by Gasteiger charge is -2.32. The fraction of sp³-hybridized carbons (Fsp3) is 0.917. The highest BCUT2D eigenvalue weighted by molar-refractivity contribution is 5.80. The van der Waals surface area contributed by atoms with Gasteiger partial charge >= 0.3 is 0 Å². The molecular weight excluding hydrogens is 190 g/mol. The van der Waals surface area contributed by atoms with E-state index in [1.165, 1.54) is 0 Å². The van der Waals surface area contributed by atoms with Crippen LogP contribution in [0.3, 0.4) is 0 Å². The SMILES string of the molecule is CCC[C@@H](NC(=O)[C@@H](C)OC)C(C)(C)C. The van der Waals surface area contributed by atoms with Crippen molar-refractivity contribution < 1.29 is 9.53 Å². The van der Waals surface area contributed by atoms with E-state index in [9.17, 15) is 4.79 Å². The monoisotopic (exact) mass is 215 g/mol. The first-order valence-electron chi connectivity index (χ1n) is 5.66. The van der Waals surface area contributed by atoms with Crippen LogP contribution >= 0.6 is 0 Å². The van der Waals surface area contributed by atoms with Gasteiger partial charge in [-0.05, 0) is 18.8 Å². The molecule has 90 valence electrons. The third kappa shape index (κ3) is 5.17. The van der Waals surface area contributed by atoms with Gasteiger partial charge in [0, 0.05) is 13.2 Å². The zero-order chi connectivity index (χ0) is 12.1. The molecular formula is C12H25NO2. The molecule has 0 aromatic rings. The summed E-state index contributed by atoms with van der Waals surface area (Å²) < 4.78 is 4.99. The largest absolute Gasteiger partial charge is 0.372 e. The summed E-state index contributed by atoms with van der Waals surface area (Å²) in [4.78, 5) is 11.7. The summed E-state index contributed by atoms with van der Waals surface area (Å²) in [5.74, 6) is -0.0223. The summed E-state index contributed by atoms with van der Waals surface area (Å²) in [7, 11) is 1.55. The Balaban J connectivity index is 4.35. The maximum absolute atomic E-state index is 11.7. The van der Waals surface area contributed by atoms with Gasteiger partial charge in [0.15, 0.2) is 0 Å². The Hall–Kier alpha value is -0.570. The summed E-state index contributed by atoms with van der Waals surface area (Å²) >= 11 is 0. The maximum atomic E-state index is 11.7. The molecule has 0 aromatic heterocycles. The first-order valence-corrected chi connectivity index (χ1v) is 5.66. The molecule has 0 heterocycles. The quantitative estimate of drug-likeness (QED) is 0.764. The summed E-state index contributed by atoms with van der Waals surface area (Å²) in [6.45, 7) is 10.3. The molecule has 0 radical (unpaired) electrons. The number of carbonyl (C=O) groups is 1. The minimum absolute atomic E-state index is 0.0223. The first-order chi connectivity index (χ1) is 6.82. The molecule has 3 nitrogen and oxygen atoms in total. The molecule has 0 rings (SSSR count). The molecule has 0 saturated heterocycles. The van der Waals surface area contributed by atoms with Crippen molar-refractivity contribution >= 4 is 5.91 Å². The smallest absolute Gasteiger partial charge is 0.249 e. The topological polar surface area (TPSA) is 38.3 Å². The average Bonchev–Trinajstić information content (AvgIpc) is 2.14. The Morgan fingerprint density at radius 1 is 1.40 bits per heavy atom.